The van der Waals surface area contributed by atoms with E-state index in [1.165, 1.54) is 5.56 Å². The van der Waals surface area contributed by atoms with Crippen LogP contribution < -0.4 is 10.6 Å². The van der Waals surface area contributed by atoms with Crippen molar-refractivity contribution in [2.75, 3.05) is 26.8 Å². The van der Waals surface area contributed by atoms with Crippen LogP contribution in [0, 0.1) is 5.92 Å². The molecule has 1 amide bonds. The maximum absolute atomic E-state index is 12.1. The van der Waals surface area contributed by atoms with Gasteiger partial charge >= 0.3 is 0 Å². The van der Waals surface area contributed by atoms with Gasteiger partial charge in [0.25, 0.3) is 0 Å². The van der Waals surface area contributed by atoms with Gasteiger partial charge in [0, 0.05) is 13.7 Å². The van der Waals surface area contributed by atoms with Crippen LogP contribution >= 0.6 is 0 Å². The lowest BCUT2D eigenvalue weighted by molar-refractivity contribution is -0.124. The first-order valence-corrected chi connectivity index (χ1v) is 7.83. The second-order valence-corrected chi connectivity index (χ2v) is 5.71. The summed E-state index contributed by atoms with van der Waals surface area (Å²) >= 11 is 0. The van der Waals surface area contributed by atoms with Crippen molar-refractivity contribution in [3.05, 3.63) is 35.9 Å². The van der Waals surface area contributed by atoms with E-state index in [9.17, 15) is 4.79 Å². The molecule has 0 aromatic heterocycles. The van der Waals surface area contributed by atoms with Crippen LogP contribution in [-0.2, 0) is 16.0 Å². The van der Waals surface area contributed by atoms with Crippen LogP contribution in [0.5, 0.6) is 0 Å². The third-order valence-corrected chi connectivity index (χ3v) is 4.12. The molecule has 1 aromatic rings. The van der Waals surface area contributed by atoms with Gasteiger partial charge in [-0.25, -0.2) is 0 Å². The number of hydrogen-bond acceptors (Lipinski definition) is 3. The minimum Gasteiger partial charge on any atom is -0.383 e. The predicted octanol–water partition coefficient (Wildman–Crippen LogP) is 1.75. The van der Waals surface area contributed by atoms with Crippen molar-refractivity contribution in [2.45, 2.75) is 31.7 Å². The lowest BCUT2D eigenvalue weighted by Gasteiger charge is -2.29. The summed E-state index contributed by atoms with van der Waals surface area (Å²) in [6, 6.07) is 10.5. The van der Waals surface area contributed by atoms with E-state index < -0.39 is 0 Å². The summed E-state index contributed by atoms with van der Waals surface area (Å²) in [6.07, 6.45) is 4.36. The molecule has 116 valence electrons. The van der Waals surface area contributed by atoms with Crippen LogP contribution in [0.4, 0.5) is 0 Å². The number of ether oxygens (including phenoxy) is 1. The molecule has 0 aliphatic carbocycles. The van der Waals surface area contributed by atoms with Gasteiger partial charge < -0.3 is 15.4 Å². The van der Waals surface area contributed by atoms with E-state index in [0.29, 0.717) is 19.1 Å². The van der Waals surface area contributed by atoms with Crippen molar-refractivity contribution >= 4 is 5.91 Å². The molecule has 1 aromatic carbocycles. The molecular formula is C17H26N2O2. The number of carbonyl (C=O) groups excluding carboxylic acids is 1. The Morgan fingerprint density at radius 2 is 2.19 bits per heavy atom. The number of rotatable bonds is 7. The van der Waals surface area contributed by atoms with Crippen LogP contribution in [0.1, 0.15) is 24.8 Å². The zero-order chi connectivity index (χ0) is 14.9. The number of nitrogens with one attached hydrogen (secondary N) is 2. The highest BCUT2D eigenvalue weighted by Gasteiger charge is 2.26. The Kier molecular flexibility index (Phi) is 6.70. The van der Waals surface area contributed by atoms with Gasteiger partial charge in [-0.1, -0.05) is 30.3 Å². The quantitative estimate of drug-likeness (QED) is 0.752. The van der Waals surface area contributed by atoms with Gasteiger partial charge in [-0.15, -0.1) is 0 Å². The highest BCUT2D eigenvalue weighted by molar-refractivity contribution is 5.81. The van der Waals surface area contributed by atoms with Crippen molar-refractivity contribution < 1.29 is 9.53 Å². The van der Waals surface area contributed by atoms with Gasteiger partial charge in [0.15, 0.2) is 0 Å². The Morgan fingerprint density at radius 3 is 2.95 bits per heavy atom. The fourth-order valence-corrected chi connectivity index (χ4v) is 2.87. The largest absolute Gasteiger partial charge is 0.383 e. The SMILES string of the molecule is COCCNC(=O)C1CC(CCc2ccccc2)CCN1. The van der Waals surface area contributed by atoms with E-state index in [-0.39, 0.29) is 11.9 Å². The first-order valence-electron chi connectivity index (χ1n) is 7.83. The third-order valence-electron chi connectivity index (χ3n) is 4.12. The maximum atomic E-state index is 12.1. The number of benzene rings is 1. The molecule has 2 atom stereocenters. The Hall–Kier alpha value is -1.39. The monoisotopic (exact) mass is 290 g/mol. The van der Waals surface area contributed by atoms with Crippen molar-refractivity contribution in [3.8, 4) is 0 Å². The van der Waals surface area contributed by atoms with Crippen molar-refractivity contribution in [3.63, 3.8) is 0 Å². The van der Waals surface area contributed by atoms with E-state index in [0.717, 1.165) is 32.2 Å². The van der Waals surface area contributed by atoms with Crippen LogP contribution in [-0.4, -0.2) is 38.8 Å². The number of amides is 1. The van der Waals surface area contributed by atoms with Gasteiger partial charge in [0.2, 0.25) is 5.91 Å². The minimum absolute atomic E-state index is 0.0450. The topological polar surface area (TPSA) is 50.4 Å². The Bertz CT molecular complexity index is 422. The van der Waals surface area contributed by atoms with Crippen molar-refractivity contribution in [1.29, 1.82) is 0 Å². The van der Waals surface area contributed by atoms with Crippen LogP contribution in [0.25, 0.3) is 0 Å². The Morgan fingerprint density at radius 1 is 1.38 bits per heavy atom. The molecule has 1 aliphatic rings. The minimum atomic E-state index is -0.0450. The van der Waals surface area contributed by atoms with E-state index in [1.807, 2.05) is 0 Å². The molecule has 1 aliphatic heterocycles. The normalized spacial score (nSPS) is 22.0. The fraction of sp³-hybridized carbons (Fsp3) is 0.588. The average Bonchev–Trinajstić information content (AvgIpc) is 2.54. The number of hydrogen-bond donors (Lipinski definition) is 2. The lowest BCUT2D eigenvalue weighted by Crippen LogP contribution is -2.49. The molecule has 0 bridgehead atoms. The molecule has 4 nitrogen and oxygen atoms in total. The molecule has 1 heterocycles. The zero-order valence-electron chi connectivity index (χ0n) is 12.8. The molecule has 4 heteroatoms. The number of carbonyl (C=O) groups is 1. The van der Waals surface area contributed by atoms with Gasteiger partial charge in [0.05, 0.1) is 12.6 Å². The Labute approximate surface area is 127 Å². The second kappa shape index (κ2) is 8.80. The molecule has 1 fully saturated rings. The summed E-state index contributed by atoms with van der Waals surface area (Å²) in [6.45, 7) is 2.08. The number of methoxy groups -OCH3 is 1. The zero-order valence-corrected chi connectivity index (χ0v) is 12.8. The van der Waals surface area contributed by atoms with Gasteiger partial charge in [-0.3, -0.25) is 4.79 Å². The summed E-state index contributed by atoms with van der Waals surface area (Å²) in [5.41, 5.74) is 1.39. The van der Waals surface area contributed by atoms with E-state index in [2.05, 4.69) is 41.0 Å². The molecule has 2 unspecified atom stereocenters. The fourth-order valence-electron chi connectivity index (χ4n) is 2.87. The molecular weight excluding hydrogens is 264 g/mol. The standard InChI is InChI=1S/C17H26N2O2/c1-21-12-11-19-17(20)16-13-15(9-10-18-16)8-7-14-5-3-2-4-6-14/h2-6,15-16,18H,7-13H2,1H3,(H,19,20). The highest BCUT2D eigenvalue weighted by Crippen LogP contribution is 2.22. The number of aryl methyl sites for hydroxylation is 1. The molecule has 0 saturated carbocycles. The average molecular weight is 290 g/mol. The molecule has 2 rings (SSSR count). The van der Waals surface area contributed by atoms with Gasteiger partial charge in [-0.2, -0.15) is 0 Å². The van der Waals surface area contributed by atoms with E-state index in [1.54, 1.807) is 7.11 Å². The van der Waals surface area contributed by atoms with Crippen LogP contribution in [0.3, 0.4) is 0 Å². The number of piperidine rings is 1. The highest BCUT2D eigenvalue weighted by atomic mass is 16.5. The lowest BCUT2D eigenvalue weighted by atomic mass is 9.87. The smallest absolute Gasteiger partial charge is 0.237 e. The van der Waals surface area contributed by atoms with Crippen molar-refractivity contribution in [2.24, 2.45) is 5.92 Å². The third kappa shape index (κ3) is 5.48. The first-order chi connectivity index (χ1) is 10.3. The molecule has 0 spiro atoms. The predicted molar refractivity (Wildman–Crippen MR) is 84.2 cm³/mol. The van der Waals surface area contributed by atoms with Gasteiger partial charge in [0.1, 0.15) is 0 Å². The summed E-state index contributed by atoms with van der Waals surface area (Å²) in [5, 5.41) is 6.24. The Balaban J connectivity index is 1.74. The molecule has 2 N–H and O–H groups in total. The molecule has 1 saturated heterocycles. The van der Waals surface area contributed by atoms with Crippen LogP contribution in [0.15, 0.2) is 30.3 Å². The van der Waals surface area contributed by atoms with Gasteiger partial charge in [-0.05, 0) is 43.7 Å². The summed E-state index contributed by atoms with van der Waals surface area (Å²) < 4.78 is 4.95. The maximum Gasteiger partial charge on any atom is 0.237 e. The van der Waals surface area contributed by atoms with Crippen LogP contribution in [0.2, 0.25) is 0 Å². The first kappa shape index (κ1) is 16.0. The molecule has 21 heavy (non-hydrogen) atoms. The summed E-state index contributed by atoms with van der Waals surface area (Å²) in [4.78, 5) is 12.1. The summed E-state index contributed by atoms with van der Waals surface area (Å²) in [7, 11) is 1.64. The van der Waals surface area contributed by atoms with E-state index >= 15 is 0 Å². The molecule has 0 radical (unpaired) electrons. The summed E-state index contributed by atoms with van der Waals surface area (Å²) in [5.74, 6) is 0.737. The van der Waals surface area contributed by atoms with Crippen molar-refractivity contribution in [1.82, 2.24) is 10.6 Å². The van der Waals surface area contributed by atoms with E-state index in [4.69, 9.17) is 4.74 Å². The second-order valence-electron chi connectivity index (χ2n) is 5.71.